The van der Waals surface area contributed by atoms with Gasteiger partial charge in [-0.2, -0.15) is 13.2 Å². The number of hydrogen-bond donors (Lipinski definition) is 0. The molecule has 0 saturated carbocycles. The number of methoxy groups -OCH3 is 1. The van der Waals surface area contributed by atoms with Crippen LogP contribution in [0.15, 0.2) is 42.5 Å². The number of esters is 1. The Kier molecular flexibility index (Phi) is 7.99. The van der Waals surface area contributed by atoms with Gasteiger partial charge in [-0.25, -0.2) is 13.2 Å². The molecule has 0 saturated heterocycles. The largest absolute Gasteiger partial charge is 0.494 e. The number of carbonyl (C=O) groups is 1. The lowest BCUT2D eigenvalue weighted by molar-refractivity contribution is -0.139. The van der Waals surface area contributed by atoms with Crippen molar-refractivity contribution in [2.75, 3.05) is 13.7 Å². The van der Waals surface area contributed by atoms with Crippen molar-refractivity contribution in [1.29, 1.82) is 0 Å². The topological polar surface area (TPSA) is 44.8 Å². The highest BCUT2D eigenvalue weighted by molar-refractivity contribution is 5.78. The standard InChI is InChI=1S/C28H22F6O4/c1-3-37-20-12-9-17(23(30)26(20)33)18-10-13-21(27(34)24(18)31)38-28(35)15-6-4-14(5-7-15)16-8-11-19(36-2)25(32)22(16)29/h4,8-13,15H,3,5-7H2,1-2H3. The summed E-state index contributed by atoms with van der Waals surface area (Å²) in [5.41, 5.74) is -0.579. The van der Waals surface area contributed by atoms with Gasteiger partial charge in [0.05, 0.1) is 19.6 Å². The molecule has 0 radical (unpaired) electrons. The summed E-state index contributed by atoms with van der Waals surface area (Å²) in [6.45, 7) is 1.65. The molecule has 0 aromatic heterocycles. The van der Waals surface area contributed by atoms with E-state index in [0.29, 0.717) is 5.57 Å². The van der Waals surface area contributed by atoms with Crippen molar-refractivity contribution in [3.05, 3.63) is 82.9 Å². The second-order valence-corrected chi connectivity index (χ2v) is 8.48. The molecule has 0 aliphatic heterocycles. The molecule has 1 unspecified atom stereocenters. The molecule has 0 amide bonds. The number of rotatable bonds is 7. The third-order valence-corrected chi connectivity index (χ3v) is 6.25. The molecule has 38 heavy (non-hydrogen) atoms. The summed E-state index contributed by atoms with van der Waals surface area (Å²) in [6.07, 6.45) is 2.06. The van der Waals surface area contributed by atoms with Crippen LogP contribution < -0.4 is 14.2 Å². The summed E-state index contributed by atoms with van der Waals surface area (Å²) in [5.74, 6) is -11.0. The summed E-state index contributed by atoms with van der Waals surface area (Å²) < 4.78 is 101. The van der Waals surface area contributed by atoms with Crippen molar-refractivity contribution >= 4 is 11.5 Å². The fourth-order valence-electron chi connectivity index (χ4n) is 4.25. The van der Waals surface area contributed by atoms with Crippen LogP contribution in [0.4, 0.5) is 26.3 Å². The molecule has 0 spiro atoms. The number of ether oxygens (including phenoxy) is 3. The molecule has 200 valence electrons. The second-order valence-electron chi connectivity index (χ2n) is 8.48. The van der Waals surface area contributed by atoms with Crippen molar-refractivity contribution in [3.63, 3.8) is 0 Å². The molecule has 4 rings (SSSR count). The number of halogens is 6. The van der Waals surface area contributed by atoms with Crippen molar-refractivity contribution in [3.8, 4) is 28.4 Å². The van der Waals surface area contributed by atoms with Gasteiger partial charge >= 0.3 is 5.97 Å². The quantitative estimate of drug-likeness (QED) is 0.180. The average molecular weight is 536 g/mol. The van der Waals surface area contributed by atoms with E-state index in [0.717, 1.165) is 24.3 Å². The predicted octanol–water partition coefficient (Wildman–Crippen LogP) is 7.38. The Hall–Kier alpha value is -3.95. The normalized spacial score (nSPS) is 15.2. The zero-order chi connectivity index (χ0) is 27.6. The minimum absolute atomic E-state index is 0.0387. The highest BCUT2D eigenvalue weighted by Gasteiger charge is 2.28. The monoisotopic (exact) mass is 536 g/mol. The maximum Gasteiger partial charge on any atom is 0.314 e. The minimum atomic E-state index is -1.55. The SMILES string of the molecule is CCOc1ccc(-c2ccc(OC(=O)C3CC=C(c4ccc(OC)c(F)c4F)CC3)c(F)c2F)c(F)c1F. The molecule has 0 bridgehead atoms. The van der Waals surface area contributed by atoms with Crippen LogP contribution in [0.25, 0.3) is 16.7 Å². The molecular weight excluding hydrogens is 514 g/mol. The Morgan fingerprint density at radius 2 is 1.29 bits per heavy atom. The molecule has 1 atom stereocenters. The Balaban J connectivity index is 1.50. The average Bonchev–Trinajstić information content (AvgIpc) is 2.92. The zero-order valence-corrected chi connectivity index (χ0v) is 20.3. The van der Waals surface area contributed by atoms with Crippen LogP contribution in [0.2, 0.25) is 0 Å². The molecule has 3 aromatic rings. The van der Waals surface area contributed by atoms with Gasteiger partial charge in [-0.15, -0.1) is 0 Å². The van der Waals surface area contributed by atoms with Crippen LogP contribution in [0.1, 0.15) is 31.7 Å². The summed E-state index contributed by atoms with van der Waals surface area (Å²) in [4.78, 5) is 12.6. The van der Waals surface area contributed by atoms with Gasteiger partial charge in [0.25, 0.3) is 0 Å². The van der Waals surface area contributed by atoms with Crippen LogP contribution in [0.5, 0.6) is 17.2 Å². The maximum absolute atomic E-state index is 14.8. The van der Waals surface area contributed by atoms with Crippen LogP contribution in [-0.2, 0) is 4.79 Å². The molecular formula is C28H22F6O4. The van der Waals surface area contributed by atoms with Crippen LogP contribution >= 0.6 is 0 Å². The predicted molar refractivity (Wildman–Crippen MR) is 127 cm³/mol. The van der Waals surface area contributed by atoms with E-state index in [1.54, 1.807) is 13.0 Å². The van der Waals surface area contributed by atoms with Gasteiger partial charge in [0.15, 0.2) is 34.7 Å². The molecule has 4 nitrogen and oxygen atoms in total. The van der Waals surface area contributed by atoms with Crippen molar-refractivity contribution in [2.45, 2.75) is 26.2 Å². The second kappa shape index (κ2) is 11.2. The molecule has 1 aliphatic rings. The number of hydrogen-bond acceptors (Lipinski definition) is 4. The molecule has 0 fully saturated rings. The Morgan fingerprint density at radius 1 is 0.763 bits per heavy atom. The van der Waals surface area contributed by atoms with E-state index in [4.69, 9.17) is 14.2 Å². The van der Waals surface area contributed by atoms with E-state index in [-0.39, 0.29) is 42.9 Å². The van der Waals surface area contributed by atoms with Crippen LogP contribution in [-0.4, -0.2) is 19.7 Å². The smallest absolute Gasteiger partial charge is 0.314 e. The van der Waals surface area contributed by atoms with E-state index in [1.165, 1.54) is 19.2 Å². The van der Waals surface area contributed by atoms with E-state index in [9.17, 15) is 31.1 Å². The summed E-state index contributed by atoms with van der Waals surface area (Å²) in [5, 5.41) is 0. The minimum Gasteiger partial charge on any atom is -0.494 e. The van der Waals surface area contributed by atoms with Gasteiger partial charge in [0, 0.05) is 16.7 Å². The molecule has 0 N–H and O–H groups in total. The van der Waals surface area contributed by atoms with E-state index >= 15 is 0 Å². The first-order chi connectivity index (χ1) is 18.2. The van der Waals surface area contributed by atoms with Crippen molar-refractivity contribution in [1.82, 2.24) is 0 Å². The highest BCUT2D eigenvalue weighted by Crippen LogP contribution is 2.37. The van der Waals surface area contributed by atoms with Crippen LogP contribution in [0.3, 0.4) is 0 Å². The molecule has 10 heteroatoms. The van der Waals surface area contributed by atoms with Crippen LogP contribution in [0, 0.1) is 40.8 Å². The first kappa shape index (κ1) is 27.1. The fraction of sp³-hybridized carbons (Fsp3) is 0.250. The molecule has 0 heterocycles. The Labute approximate surface area is 214 Å². The maximum atomic E-state index is 14.8. The highest BCUT2D eigenvalue weighted by atomic mass is 19.2. The lowest BCUT2D eigenvalue weighted by Gasteiger charge is -2.21. The first-order valence-corrected chi connectivity index (χ1v) is 11.7. The third kappa shape index (κ3) is 5.07. The zero-order valence-electron chi connectivity index (χ0n) is 20.3. The third-order valence-electron chi connectivity index (χ3n) is 6.25. The van der Waals surface area contributed by atoms with Gasteiger partial charge in [-0.05, 0) is 68.2 Å². The van der Waals surface area contributed by atoms with Gasteiger partial charge in [0.1, 0.15) is 0 Å². The lowest BCUT2D eigenvalue weighted by atomic mass is 9.86. The van der Waals surface area contributed by atoms with Gasteiger partial charge in [-0.1, -0.05) is 6.08 Å². The van der Waals surface area contributed by atoms with Gasteiger partial charge < -0.3 is 14.2 Å². The Morgan fingerprint density at radius 3 is 1.87 bits per heavy atom. The van der Waals surface area contributed by atoms with E-state index in [2.05, 4.69) is 0 Å². The van der Waals surface area contributed by atoms with E-state index < -0.39 is 63.7 Å². The van der Waals surface area contributed by atoms with Gasteiger partial charge in [-0.3, -0.25) is 4.79 Å². The summed E-state index contributed by atoms with van der Waals surface area (Å²) in [7, 11) is 1.22. The summed E-state index contributed by atoms with van der Waals surface area (Å²) in [6, 6.07) is 6.73. The number of allylic oxidation sites excluding steroid dienone is 2. The molecule has 3 aromatic carbocycles. The van der Waals surface area contributed by atoms with Gasteiger partial charge in [0.2, 0.25) is 17.5 Å². The first-order valence-electron chi connectivity index (χ1n) is 11.7. The van der Waals surface area contributed by atoms with E-state index in [1.807, 2.05) is 0 Å². The number of carbonyl (C=O) groups excluding carboxylic acids is 1. The lowest BCUT2D eigenvalue weighted by Crippen LogP contribution is -2.23. The molecule has 1 aliphatic carbocycles. The van der Waals surface area contributed by atoms with Crippen molar-refractivity contribution < 1.29 is 45.3 Å². The fourth-order valence-corrected chi connectivity index (χ4v) is 4.25. The number of benzene rings is 3. The Bertz CT molecular complexity index is 1420. The summed E-state index contributed by atoms with van der Waals surface area (Å²) >= 11 is 0. The van der Waals surface area contributed by atoms with Crippen molar-refractivity contribution in [2.24, 2.45) is 5.92 Å².